The van der Waals surface area contributed by atoms with Crippen LogP contribution in [0.15, 0.2) is 18.2 Å². The maximum atomic E-state index is 5.62. The highest BCUT2D eigenvalue weighted by Gasteiger charge is 2.07. The van der Waals surface area contributed by atoms with E-state index in [2.05, 4.69) is 36.9 Å². The number of anilines is 1. The van der Waals surface area contributed by atoms with Crippen molar-refractivity contribution >= 4 is 5.69 Å². The summed E-state index contributed by atoms with van der Waals surface area (Å²) in [7, 11) is 1.73. The van der Waals surface area contributed by atoms with Gasteiger partial charge in [0.05, 0.1) is 6.61 Å². The summed E-state index contributed by atoms with van der Waals surface area (Å²) in [6, 6.07) is 6.40. The van der Waals surface area contributed by atoms with E-state index in [-0.39, 0.29) is 0 Å². The van der Waals surface area contributed by atoms with Gasteiger partial charge in [-0.2, -0.15) is 0 Å². The fraction of sp³-hybridized carbons (Fsp3) is 0.538. The summed E-state index contributed by atoms with van der Waals surface area (Å²) in [6.45, 7) is 7.56. The molecule has 0 fully saturated rings. The van der Waals surface area contributed by atoms with E-state index in [1.807, 2.05) is 0 Å². The van der Waals surface area contributed by atoms with Gasteiger partial charge in [0.2, 0.25) is 0 Å². The summed E-state index contributed by atoms with van der Waals surface area (Å²) in [6.07, 6.45) is 0. The minimum absolute atomic E-state index is 0.602. The van der Waals surface area contributed by atoms with Crippen molar-refractivity contribution < 1.29 is 4.74 Å². The predicted octanol–water partition coefficient (Wildman–Crippen LogP) is 1.93. The molecular weight excluding hydrogens is 200 g/mol. The zero-order valence-electron chi connectivity index (χ0n) is 10.5. The van der Waals surface area contributed by atoms with Gasteiger partial charge in [0.15, 0.2) is 0 Å². The molecule has 0 bridgehead atoms. The Bertz CT molecular complexity index is 326. The number of rotatable bonds is 6. The van der Waals surface area contributed by atoms with Gasteiger partial charge in [0.25, 0.3) is 0 Å². The summed E-state index contributed by atoms with van der Waals surface area (Å²) in [5.74, 6) is 0. The fourth-order valence-electron chi connectivity index (χ4n) is 1.85. The number of hydrogen-bond donors (Lipinski definition) is 1. The fourth-order valence-corrected chi connectivity index (χ4v) is 1.85. The molecule has 0 unspecified atom stereocenters. The first kappa shape index (κ1) is 13.0. The molecule has 3 heteroatoms. The Labute approximate surface area is 98.2 Å². The average Bonchev–Trinajstić information content (AvgIpc) is 2.31. The third-order valence-electron chi connectivity index (χ3n) is 2.78. The zero-order chi connectivity index (χ0) is 12.0. The predicted molar refractivity (Wildman–Crippen MR) is 68.8 cm³/mol. The van der Waals surface area contributed by atoms with E-state index in [0.29, 0.717) is 6.54 Å². The lowest BCUT2D eigenvalue weighted by molar-refractivity contribution is 0.205. The lowest BCUT2D eigenvalue weighted by Crippen LogP contribution is -2.27. The van der Waals surface area contributed by atoms with Crippen molar-refractivity contribution in [2.24, 2.45) is 5.73 Å². The SMILES string of the molecule is CCN(CCOC)c1ccc(CN)cc1C. The minimum Gasteiger partial charge on any atom is -0.383 e. The zero-order valence-corrected chi connectivity index (χ0v) is 10.5. The standard InChI is InChI=1S/C13H22N2O/c1-4-15(7-8-16-3)13-6-5-12(10-14)9-11(13)2/h5-6,9H,4,7-8,10,14H2,1-3H3. The Balaban J connectivity index is 2.83. The van der Waals surface area contributed by atoms with Crippen molar-refractivity contribution in [1.29, 1.82) is 0 Å². The van der Waals surface area contributed by atoms with Gasteiger partial charge < -0.3 is 15.4 Å². The van der Waals surface area contributed by atoms with Crippen LogP contribution in [-0.4, -0.2) is 26.8 Å². The van der Waals surface area contributed by atoms with Crippen molar-refractivity contribution in [3.05, 3.63) is 29.3 Å². The Morgan fingerprint density at radius 2 is 2.12 bits per heavy atom. The molecule has 1 aromatic carbocycles. The molecule has 0 aliphatic heterocycles. The molecule has 0 aliphatic carbocycles. The topological polar surface area (TPSA) is 38.5 Å². The number of ether oxygens (including phenoxy) is 1. The van der Waals surface area contributed by atoms with Gasteiger partial charge in [0.1, 0.15) is 0 Å². The van der Waals surface area contributed by atoms with Crippen molar-refractivity contribution in [1.82, 2.24) is 0 Å². The van der Waals surface area contributed by atoms with Crippen LogP contribution < -0.4 is 10.6 Å². The van der Waals surface area contributed by atoms with Crippen LogP contribution in [0, 0.1) is 6.92 Å². The number of benzene rings is 1. The minimum atomic E-state index is 0.602. The largest absolute Gasteiger partial charge is 0.383 e. The van der Waals surface area contributed by atoms with Crippen molar-refractivity contribution in [3.63, 3.8) is 0 Å². The molecule has 0 heterocycles. The molecule has 0 radical (unpaired) electrons. The molecule has 2 N–H and O–H groups in total. The summed E-state index contributed by atoms with van der Waals surface area (Å²) in [5, 5.41) is 0. The second-order valence-corrected chi connectivity index (χ2v) is 3.90. The molecule has 0 saturated heterocycles. The molecule has 0 atom stereocenters. The van der Waals surface area contributed by atoms with Crippen LogP contribution in [0.1, 0.15) is 18.1 Å². The molecule has 3 nitrogen and oxygen atoms in total. The number of nitrogens with two attached hydrogens (primary N) is 1. The van der Waals surface area contributed by atoms with E-state index in [1.165, 1.54) is 16.8 Å². The maximum absolute atomic E-state index is 5.62. The van der Waals surface area contributed by atoms with Gasteiger partial charge in [-0.3, -0.25) is 0 Å². The van der Waals surface area contributed by atoms with Gasteiger partial charge >= 0.3 is 0 Å². The van der Waals surface area contributed by atoms with Crippen molar-refractivity contribution in [3.8, 4) is 0 Å². The lowest BCUT2D eigenvalue weighted by Gasteiger charge is -2.25. The van der Waals surface area contributed by atoms with Crippen LogP contribution in [0.2, 0.25) is 0 Å². The quantitative estimate of drug-likeness (QED) is 0.799. The molecule has 16 heavy (non-hydrogen) atoms. The van der Waals surface area contributed by atoms with Crippen LogP contribution in [0.5, 0.6) is 0 Å². The molecule has 0 saturated carbocycles. The van der Waals surface area contributed by atoms with Gasteiger partial charge in [0, 0.05) is 32.4 Å². The van der Waals surface area contributed by atoms with E-state index < -0.39 is 0 Å². The second kappa shape index (κ2) is 6.51. The van der Waals surface area contributed by atoms with E-state index in [9.17, 15) is 0 Å². The third kappa shape index (κ3) is 3.22. The molecule has 1 rings (SSSR count). The van der Waals surface area contributed by atoms with Crippen LogP contribution in [0.4, 0.5) is 5.69 Å². The van der Waals surface area contributed by atoms with Gasteiger partial charge in [-0.05, 0) is 31.0 Å². The van der Waals surface area contributed by atoms with Gasteiger partial charge in [-0.1, -0.05) is 12.1 Å². The first-order valence-corrected chi connectivity index (χ1v) is 5.76. The van der Waals surface area contributed by atoms with Gasteiger partial charge in [-0.15, -0.1) is 0 Å². The van der Waals surface area contributed by atoms with Crippen LogP contribution in [0.25, 0.3) is 0 Å². The Hall–Kier alpha value is -1.06. The Morgan fingerprint density at radius 1 is 1.38 bits per heavy atom. The molecule has 0 amide bonds. The Kier molecular flexibility index (Phi) is 5.29. The maximum Gasteiger partial charge on any atom is 0.0637 e. The van der Waals surface area contributed by atoms with Crippen LogP contribution in [-0.2, 0) is 11.3 Å². The molecule has 0 spiro atoms. The van der Waals surface area contributed by atoms with E-state index in [4.69, 9.17) is 10.5 Å². The first-order chi connectivity index (χ1) is 7.72. The van der Waals surface area contributed by atoms with E-state index in [0.717, 1.165) is 19.7 Å². The summed E-state index contributed by atoms with van der Waals surface area (Å²) < 4.78 is 5.12. The monoisotopic (exact) mass is 222 g/mol. The van der Waals surface area contributed by atoms with E-state index >= 15 is 0 Å². The number of hydrogen-bond acceptors (Lipinski definition) is 3. The highest BCUT2D eigenvalue weighted by atomic mass is 16.5. The Morgan fingerprint density at radius 3 is 2.62 bits per heavy atom. The highest BCUT2D eigenvalue weighted by molar-refractivity contribution is 5.54. The normalized spacial score (nSPS) is 10.5. The van der Waals surface area contributed by atoms with E-state index in [1.54, 1.807) is 7.11 Å². The smallest absolute Gasteiger partial charge is 0.0637 e. The number of nitrogens with zero attached hydrogens (tertiary/aromatic N) is 1. The van der Waals surface area contributed by atoms with Gasteiger partial charge in [-0.25, -0.2) is 0 Å². The molecule has 0 aromatic heterocycles. The van der Waals surface area contributed by atoms with Crippen molar-refractivity contribution in [2.75, 3.05) is 31.7 Å². The number of methoxy groups -OCH3 is 1. The van der Waals surface area contributed by atoms with Crippen LogP contribution in [0.3, 0.4) is 0 Å². The molecule has 1 aromatic rings. The molecule has 0 aliphatic rings. The third-order valence-corrected chi connectivity index (χ3v) is 2.78. The van der Waals surface area contributed by atoms with Crippen LogP contribution >= 0.6 is 0 Å². The van der Waals surface area contributed by atoms with Crippen molar-refractivity contribution in [2.45, 2.75) is 20.4 Å². The first-order valence-electron chi connectivity index (χ1n) is 5.76. The number of aryl methyl sites for hydroxylation is 1. The highest BCUT2D eigenvalue weighted by Crippen LogP contribution is 2.20. The average molecular weight is 222 g/mol. The second-order valence-electron chi connectivity index (χ2n) is 3.90. The summed E-state index contributed by atoms with van der Waals surface area (Å²) >= 11 is 0. The number of likely N-dealkylation sites (N-methyl/N-ethyl adjacent to an activating group) is 1. The molecular formula is C13H22N2O. The summed E-state index contributed by atoms with van der Waals surface area (Å²) in [4.78, 5) is 2.32. The molecule has 90 valence electrons. The lowest BCUT2D eigenvalue weighted by atomic mass is 10.1. The summed E-state index contributed by atoms with van der Waals surface area (Å²) in [5.41, 5.74) is 9.36.